The third kappa shape index (κ3) is 2.01. The Bertz CT molecular complexity index is 633. The van der Waals surface area contributed by atoms with Crippen LogP contribution >= 0.6 is 0 Å². The molecular formula is C11H11N3O3. The third-order valence-electron chi connectivity index (χ3n) is 2.28. The number of aromatic nitrogens is 3. The number of esters is 1. The summed E-state index contributed by atoms with van der Waals surface area (Å²) in [4.78, 5) is 33.6. The molecule has 0 saturated carbocycles. The summed E-state index contributed by atoms with van der Waals surface area (Å²) in [6.45, 7) is 3.69. The maximum Gasteiger partial charge on any atom is 0.374 e. The lowest BCUT2D eigenvalue weighted by Gasteiger charge is -2.03. The second-order valence-corrected chi connectivity index (χ2v) is 3.46. The molecule has 17 heavy (non-hydrogen) atoms. The molecule has 6 heteroatoms. The van der Waals surface area contributed by atoms with Gasteiger partial charge >= 0.3 is 5.97 Å². The molecular weight excluding hydrogens is 222 g/mol. The van der Waals surface area contributed by atoms with E-state index in [0.717, 1.165) is 5.56 Å². The van der Waals surface area contributed by atoms with Crippen molar-refractivity contribution in [3.05, 3.63) is 34.0 Å². The van der Waals surface area contributed by atoms with E-state index >= 15 is 0 Å². The second kappa shape index (κ2) is 4.32. The minimum atomic E-state index is -0.658. The minimum Gasteiger partial charge on any atom is -0.460 e. The van der Waals surface area contributed by atoms with E-state index in [1.165, 1.54) is 0 Å². The molecule has 2 aromatic heterocycles. The van der Waals surface area contributed by atoms with Gasteiger partial charge in [-0.2, -0.15) is 0 Å². The van der Waals surface area contributed by atoms with Gasteiger partial charge in [-0.25, -0.2) is 14.8 Å². The molecule has 2 aromatic rings. The Morgan fingerprint density at radius 2 is 2.29 bits per heavy atom. The van der Waals surface area contributed by atoms with E-state index in [0.29, 0.717) is 5.39 Å². The summed E-state index contributed by atoms with van der Waals surface area (Å²) in [6, 6.07) is 1.71. The van der Waals surface area contributed by atoms with Crippen molar-refractivity contribution in [2.75, 3.05) is 6.61 Å². The van der Waals surface area contributed by atoms with Crippen molar-refractivity contribution in [3.8, 4) is 0 Å². The molecule has 0 aliphatic heterocycles. The largest absolute Gasteiger partial charge is 0.460 e. The lowest BCUT2D eigenvalue weighted by molar-refractivity contribution is 0.0512. The van der Waals surface area contributed by atoms with E-state index in [1.54, 1.807) is 26.1 Å². The van der Waals surface area contributed by atoms with E-state index in [2.05, 4.69) is 15.0 Å². The van der Waals surface area contributed by atoms with E-state index in [-0.39, 0.29) is 23.6 Å². The van der Waals surface area contributed by atoms with Crippen LogP contribution in [0.2, 0.25) is 0 Å². The SMILES string of the molecule is CCOC(=O)c1nc2nccc(C)c2c(=O)[nH]1. The van der Waals surface area contributed by atoms with Gasteiger partial charge in [0, 0.05) is 6.20 Å². The monoisotopic (exact) mass is 233 g/mol. The van der Waals surface area contributed by atoms with E-state index in [4.69, 9.17) is 4.74 Å². The van der Waals surface area contributed by atoms with Gasteiger partial charge in [-0.15, -0.1) is 0 Å². The van der Waals surface area contributed by atoms with Crippen molar-refractivity contribution in [3.63, 3.8) is 0 Å². The Balaban J connectivity index is 2.65. The van der Waals surface area contributed by atoms with Gasteiger partial charge in [0.2, 0.25) is 5.82 Å². The van der Waals surface area contributed by atoms with Crippen LogP contribution < -0.4 is 5.56 Å². The van der Waals surface area contributed by atoms with Crippen molar-refractivity contribution < 1.29 is 9.53 Å². The van der Waals surface area contributed by atoms with Crippen molar-refractivity contribution in [1.29, 1.82) is 0 Å². The van der Waals surface area contributed by atoms with Crippen molar-refractivity contribution in [2.45, 2.75) is 13.8 Å². The van der Waals surface area contributed by atoms with Crippen LogP contribution in [0, 0.1) is 6.92 Å². The first-order chi connectivity index (χ1) is 8.13. The topological polar surface area (TPSA) is 84.9 Å². The van der Waals surface area contributed by atoms with Gasteiger partial charge in [0.25, 0.3) is 5.56 Å². The maximum absolute atomic E-state index is 11.8. The van der Waals surface area contributed by atoms with Gasteiger partial charge in [0.05, 0.1) is 12.0 Å². The lowest BCUT2D eigenvalue weighted by Crippen LogP contribution is -2.18. The highest BCUT2D eigenvalue weighted by Crippen LogP contribution is 2.08. The number of carbonyl (C=O) groups is 1. The second-order valence-electron chi connectivity index (χ2n) is 3.46. The predicted molar refractivity (Wildman–Crippen MR) is 60.9 cm³/mol. The molecule has 0 fully saturated rings. The molecule has 0 radical (unpaired) electrons. The molecule has 0 amide bonds. The number of carbonyl (C=O) groups excluding carboxylic acids is 1. The van der Waals surface area contributed by atoms with Crippen LogP contribution in [0.1, 0.15) is 23.1 Å². The maximum atomic E-state index is 11.8. The zero-order valence-corrected chi connectivity index (χ0v) is 9.48. The summed E-state index contributed by atoms with van der Waals surface area (Å²) in [6.07, 6.45) is 1.54. The fourth-order valence-corrected chi connectivity index (χ4v) is 1.51. The highest BCUT2D eigenvalue weighted by atomic mass is 16.5. The van der Waals surface area contributed by atoms with Crippen LogP contribution in [0.3, 0.4) is 0 Å². The van der Waals surface area contributed by atoms with Gasteiger partial charge in [-0.1, -0.05) is 0 Å². The predicted octanol–water partition coefficient (Wildman–Crippen LogP) is 0.803. The van der Waals surface area contributed by atoms with Crippen molar-refractivity contribution in [2.24, 2.45) is 0 Å². The van der Waals surface area contributed by atoms with Crippen molar-refractivity contribution >= 4 is 17.0 Å². The minimum absolute atomic E-state index is 0.123. The highest BCUT2D eigenvalue weighted by molar-refractivity contribution is 5.88. The van der Waals surface area contributed by atoms with Crippen LogP contribution in [0.5, 0.6) is 0 Å². The number of rotatable bonds is 2. The Hall–Kier alpha value is -2.24. The van der Waals surface area contributed by atoms with Crippen LogP contribution in [0.15, 0.2) is 17.1 Å². The molecule has 2 rings (SSSR count). The number of hydrogen-bond acceptors (Lipinski definition) is 5. The molecule has 1 N–H and O–H groups in total. The Morgan fingerprint density at radius 3 is 3.00 bits per heavy atom. The molecule has 2 heterocycles. The van der Waals surface area contributed by atoms with Gasteiger partial charge in [0.15, 0.2) is 5.65 Å². The van der Waals surface area contributed by atoms with Crippen LogP contribution in [-0.2, 0) is 4.74 Å². The average molecular weight is 233 g/mol. The number of aromatic amines is 1. The molecule has 0 bridgehead atoms. The van der Waals surface area contributed by atoms with Crippen molar-refractivity contribution in [1.82, 2.24) is 15.0 Å². The number of hydrogen-bond donors (Lipinski definition) is 1. The number of fused-ring (bicyclic) bond motifs is 1. The van der Waals surface area contributed by atoms with E-state index < -0.39 is 5.97 Å². The van der Waals surface area contributed by atoms with Gasteiger partial charge < -0.3 is 9.72 Å². The molecule has 0 atom stereocenters. The normalized spacial score (nSPS) is 10.5. The van der Waals surface area contributed by atoms with Gasteiger partial charge in [-0.05, 0) is 25.5 Å². The number of nitrogens with one attached hydrogen (secondary N) is 1. The van der Waals surface area contributed by atoms with Gasteiger partial charge in [0.1, 0.15) is 0 Å². The summed E-state index contributed by atoms with van der Waals surface area (Å²) in [5, 5.41) is 0.389. The summed E-state index contributed by atoms with van der Waals surface area (Å²) < 4.78 is 4.76. The molecule has 0 unspecified atom stereocenters. The number of aryl methyl sites for hydroxylation is 1. The summed E-state index contributed by atoms with van der Waals surface area (Å²) >= 11 is 0. The molecule has 0 aliphatic carbocycles. The molecule has 0 spiro atoms. The molecule has 0 aliphatic rings. The quantitative estimate of drug-likeness (QED) is 0.775. The number of ether oxygens (including phenoxy) is 1. The Kier molecular flexibility index (Phi) is 2.86. The molecule has 6 nitrogen and oxygen atoms in total. The van der Waals surface area contributed by atoms with Crippen LogP contribution in [0.25, 0.3) is 11.0 Å². The number of H-pyrrole nitrogens is 1. The molecule has 88 valence electrons. The fraction of sp³-hybridized carbons (Fsp3) is 0.273. The zero-order chi connectivity index (χ0) is 12.4. The average Bonchev–Trinajstić information content (AvgIpc) is 2.29. The first-order valence-electron chi connectivity index (χ1n) is 5.16. The number of nitrogens with zero attached hydrogens (tertiary/aromatic N) is 2. The summed E-state index contributed by atoms with van der Waals surface area (Å²) in [5.74, 6) is -0.780. The van der Waals surface area contributed by atoms with Gasteiger partial charge in [-0.3, -0.25) is 4.79 Å². The molecule has 0 saturated heterocycles. The Morgan fingerprint density at radius 1 is 1.53 bits per heavy atom. The fourth-order valence-electron chi connectivity index (χ4n) is 1.51. The summed E-state index contributed by atoms with van der Waals surface area (Å²) in [7, 11) is 0. The first kappa shape index (κ1) is 11.3. The van der Waals surface area contributed by atoms with Crippen LogP contribution in [-0.4, -0.2) is 27.5 Å². The first-order valence-corrected chi connectivity index (χ1v) is 5.16. The smallest absolute Gasteiger partial charge is 0.374 e. The summed E-state index contributed by atoms with van der Waals surface area (Å²) in [5.41, 5.74) is 0.625. The third-order valence-corrected chi connectivity index (χ3v) is 2.28. The van der Waals surface area contributed by atoms with E-state index in [9.17, 15) is 9.59 Å². The highest BCUT2D eigenvalue weighted by Gasteiger charge is 2.13. The van der Waals surface area contributed by atoms with Crippen LogP contribution in [0.4, 0.5) is 0 Å². The lowest BCUT2D eigenvalue weighted by atomic mass is 10.2. The number of pyridine rings is 1. The standard InChI is InChI=1S/C11H11N3O3/c1-3-17-11(16)9-13-8-7(10(15)14-9)6(2)4-5-12-8/h4-5H,3H2,1-2H3,(H,12,13,14,15). The van der Waals surface area contributed by atoms with E-state index in [1.807, 2.05) is 0 Å². The zero-order valence-electron chi connectivity index (χ0n) is 9.48. The Labute approximate surface area is 96.7 Å². The molecule has 0 aromatic carbocycles.